The Labute approximate surface area is 765 Å². The molecule has 0 aromatic heterocycles. The van der Waals surface area contributed by atoms with Crippen LogP contribution in [0.4, 0.5) is 0 Å². The first-order valence-corrected chi connectivity index (χ1v) is 43.3. The van der Waals surface area contributed by atoms with E-state index in [4.69, 9.17) is 67.9 Å². The van der Waals surface area contributed by atoms with Crippen molar-refractivity contribution in [1.29, 1.82) is 5.41 Å². The van der Waals surface area contributed by atoms with Crippen molar-refractivity contribution < 1.29 is 126 Å². The van der Waals surface area contributed by atoms with Crippen LogP contribution >= 0.6 is 25.3 Å². The van der Waals surface area contributed by atoms with Crippen LogP contribution in [0.5, 0.6) is 0 Å². The van der Waals surface area contributed by atoms with Gasteiger partial charge in [0.25, 0.3) is 0 Å². The number of carbonyl (C=O) groups excluding carboxylic acids is 21. The number of thiol groups is 2. The molecule has 53 nitrogen and oxygen atoms in total. The normalized spacial score (nSPS) is 14.9. The highest BCUT2D eigenvalue weighted by atomic mass is 32.1. The van der Waals surface area contributed by atoms with Gasteiger partial charge in [-0.05, 0) is 114 Å². The van der Waals surface area contributed by atoms with Crippen LogP contribution in [0.15, 0.2) is 0 Å². The molecule has 0 rings (SSSR count). The number of rotatable bonds is 69. The van der Waals surface area contributed by atoms with E-state index in [-0.39, 0.29) is 76.9 Å². The van der Waals surface area contributed by atoms with E-state index in [1.807, 2.05) is 0 Å². The maximum Gasteiger partial charge on any atom is 0.326 e. The van der Waals surface area contributed by atoms with Crippen molar-refractivity contribution in [3.8, 4) is 0 Å². The van der Waals surface area contributed by atoms with Crippen LogP contribution in [0.2, 0.25) is 0 Å². The van der Waals surface area contributed by atoms with E-state index < -0.39 is 339 Å². The summed E-state index contributed by atoms with van der Waals surface area (Å²) in [5, 5.41) is 74.7. The quantitative estimate of drug-likeness (QED) is 0.0116. The summed E-state index contributed by atoms with van der Waals surface area (Å²) in [6, 6.07) is -27.5. The van der Waals surface area contributed by atoms with Crippen molar-refractivity contribution >= 4 is 167 Å². The van der Waals surface area contributed by atoms with Crippen LogP contribution in [0, 0.1) is 23.2 Å². The molecule has 0 aliphatic heterocycles. The number of carboxylic acids is 2. The summed E-state index contributed by atoms with van der Waals surface area (Å²) in [5.74, 6) is -30.3. The maximum atomic E-state index is 14.5. The molecular weight excluding hydrogens is 1770 g/mol. The van der Waals surface area contributed by atoms with E-state index in [2.05, 4.69) is 110 Å². The number of aliphatic hydroxyl groups excluding tert-OH is 1. The number of aliphatic carboxylic acids is 2. The number of carboxylic acid groups (broad SMARTS) is 2. The third-order valence-corrected chi connectivity index (χ3v) is 20.4. The molecule has 0 aromatic carbocycles. The van der Waals surface area contributed by atoms with Gasteiger partial charge in [0, 0.05) is 43.7 Å². The Morgan fingerprint density at radius 1 is 0.328 bits per heavy atom. The van der Waals surface area contributed by atoms with Gasteiger partial charge in [-0.2, -0.15) is 25.3 Å². The minimum Gasteiger partial charge on any atom is -0.481 e. The minimum atomic E-state index is -2.13. The molecule has 0 saturated carbocycles. The second kappa shape index (κ2) is 62.8. The summed E-state index contributed by atoms with van der Waals surface area (Å²) in [7, 11) is 0. The minimum absolute atomic E-state index is 0.00772. The van der Waals surface area contributed by atoms with Gasteiger partial charge in [0.05, 0.1) is 31.9 Å². The second-order valence-corrected chi connectivity index (χ2v) is 32.3. The Hall–Kier alpha value is -12.4. The lowest BCUT2D eigenvalue weighted by Gasteiger charge is -2.31. The number of primary amides is 6. The number of nitrogens with one attached hydrogen (secondary N) is 17. The Morgan fingerprint density at radius 2 is 0.611 bits per heavy atom. The summed E-state index contributed by atoms with van der Waals surface area (Å²) in [4.78, 5) is 306. The molecule has 0 aliphatic rings. The van der Waals surface area contributed by atoms with Gasteiger partial charge in [0.2, 0.25) is 124 Å². The summed E-state index contributed by atoms with van der Waals surface area (Å²) in [5.41, 5.74) is 54.7. The largest absolute Gasteiger partial charge is 0.481 e. The molecule has 0 bridgehead atoms. The fourth-order valence-corrected chi connectivity index (χ4v) is 12.7. The topological polar surface area (TPSA) is 930 Å². The van der Waals surface area contributed by atoms with Gasteiger partial charge in [-0.15, -0.1) is 0 Å². The van der Waals surface area contributed by atoms with Crippen molar-refractivity contribution in [1.82, 2.24) is 85.1 Å². The van der Waals surface area contributed by atoms with Gasteiger partial charge < -0.3 is 158 Å². The standard InChI is InChI=1S/C76H133N27O26S2/c1-7-36(6)59(74(127)102-58(35(4)5)73(126)94-40(15-12-26-88-76(86)87)62(115)92-42(17-21-52(81)106)65(118)95-44(75(128)129)19-23-54(83)108)103-66(119)43(18-22-53(82)107)93-71(124)49(32-130)101-69(122)47(30-56(85)110)97-68(121)46(29-55(84)109)98-70(123)48(31-104)99-72(125)50(33-131)100-67(120)45(27-34(2)3)96-63(116)39(14-9-11-25-78)90-61(114)38(13-8-10-24-77)91-64(117)41(16-20-51(80)105)89-60(113)37(79)28-57(111)112/h34-50,58-59,104,130-131H,7-33,77-79H2,1-6H3,(H2,80,105)(H2,81,106)(H2,82,107)(H2,83,108)(H2,84,109)(H2,85,110)(H,89,113)(H,90,114)(H,91,117)(H,92,115)(H,93,124)(H,94,126)(H,95,118)(H,96,116)(H,97,121)(H,98,123)(H,99,125)(H,100,120)(H,101,122)(H,102,127)(H,103,119)(H,111,112)(H,128,129)(H4,86,87,88)/t36-,37-,38-,39-,40-,41-,42-,43-,44-,45-,46-,47-,48-,49-,50-,58-,59-/m0/s1. The molecule has 0 saturated heterocycles. The molecule has 0 aliphatic carbocycles. The van der Waals surface area contributed by atoms with Gasteiger partial charge >= 0.3 is 11.9 Å². The molecule has 0 fully saturated rings. The van der Waals surface area contributed by atoms with Crippen molar-refractivity contribution in [2.75, 3.05) is 37.7 Å². The Kier molecular flexibility index (Phi) is 56.9. The highest BCUT2D eigenvalue weighted by Crippen LogP contribution is 2.17. The fraction of sp³-hybridized carbons (Fsp3) is 0.684. The number of carbonyl (C=O) groups is 23. The highest BCUT2D eigenvalue weighted by molar-refractivity contribution is 7.80. The summed E-state index contributed by atoms with van der Waals surface area (Å²) >= 11 is 8.34. The predicted octanol–water partition coefficient (Wildman–Crippen LogP) is -12.9. The Balaban J connectivity index is 7.07. The first-order chi connectivity index (χ1) is 61.3. The number of hydrogen-bond donors (Lipinski definition) is 32. The van der Waals surface area contributed by atoms with E-state index >= 15 is 0 Å². The second-order valence-electron chi connectivity index (χ2n) is 31.5. The van der Waals surface area contributed by atoms with Crippen LogP contribution < -0.4 is 142 Å². The van der Waals surface area contributed by atoms with Gasteiger partial charge in [0.15, 0.2) is 5.96 Å². The first kappa shape index (κ1) is 119. The lowest BCUT2D eigenvalue weighted by Crippen LogP contribution is -2.62. The monoisotopic (exact) mass is 1900 g/mol. The number of guanidine groups is 1. The van der Waals surface area contributed by atoms with Crippen molar-refractivity contribution in [2.24, 2.45) is 75.1 Å². The lowest BCUT2D eigenvalue weighted by molar-refractivity contribution is -0.143. The van der Waals surface area contributed by atoms with Crippen molar-refractivity contribution in [3.63, 3.8) is 0 Å². The molecule has 0 unspecified atom stereocenters. The number of amides is 21. The van der Waals surface area contributed by atoms with Gasteiger partial charge in [-0.3, -0.25) is 111 Å². The zero-order valence-electron chi connectivity index (χ0n) is 74.0. The molecular formula is C76H133N27O26S2. The number of unbranched alkanes of at least 4 members (excludes halogenated alkanes) is 2. The third kappa shape index (κ3) is 48.2. The maximum absolute atomic E-state index is 14.5. The van der Waals surface area contributed by atoms with E-state index in [0.29, 0.717) is 12.8 Å². The van der Waals surface area contributed by atoms with Crippen LogP contribution in [-0.4, -0.2) is 292 Å². The summed E-state index contributed by atoms with van der Waals surface area (Å²) < 4.78 is 0. The van der Waals surface area contributed by atoms with Crippen molar-refractivity contribution in [2.45, 2.75) is 273 Å². The molecule has 0 heterocycles. The van der Waals surface area contributed by atoms with E-state index in [1.165, 1.54) is 20.8 Å². The molecule has 17 atom stereocenters. The Morgan fingerprint density at radius 3 is 0.939 bits per heavy atom. The highest BCUT2D eigenvalue weighted by Gasteiger charge is 2.41. The third-order valence-electron chi connectivity index (χ3n) is 19.6. The first-order valence-electron chi connectivity index (χ1n) is 42.1. The van der Waals surface area contributed by atoms with Crippen LogP contribution in [0.3, 0.4) is 0 Å². The molecule has 40 N–H and O–H groups in total. The van der Waals surface area contributed by atoms with Crippen LogP contribution in [-0.2, 0) is 110 Å². The fourth-order valence-electron chi connectivity index (χ4n) is 12.2. The SMILES string of the molecule is CC[C@H](C)[C@H](NC(=O)[C@H](CCC(N)=O)NC(=O)[C@H](CS)NC(=O)[C@H](CC(N)=O)NC(=O)[C@H](CC(N)=O)NC(=O)[C@H](CO)NC(=O)[C@H](CS)NC(=O)[C@H](CC(C)C)NC(=O)[C@H](CCCCN)NC(=O)[C@H](CCCCN)NC(=O)[C@H](CCC(N)=O)NC(=O)[C@@H](N)CC(=O)O)C(=O)N[C@H](C(=O)N[C@@H](CCCNC(=N)N)C(=O)N[C@@H](CCC(N)=O)C(=O)N[C@@H](CCC(N)=O)C(=O)O)C(C)C. The van der Waals surface area contributed by atoms with E-state index in [1.54, 1.807) is 20.8 Å². The summed E-state index contributed by atoms with van der Waals surface area (Å²) in [6.45, 7) is 8.37. The Bertz CT molecular complexity index is 3960. The predicted molar refractivity (Wildman–Crippen MR) is 472 cm³/mol. The molecule has 0 spiro atoms. The molecule has 21 amide bonds. The zero-order chi connectivity index (χ0) is 100. The van der Waals surface area contributed by atoms with Crippen molar-refractivity contribution in [3.05, 3.63) is 0 Å². The average molecular weight is 1910 g/mol. The van der Waals surface area contributed by atoms with Gasteiger partial charge in [-0.1, -0.05) is 48.0 Å². The van der Waals surface area contributed by atoms with Gasteiger partial charge in [0.1, 0.15) is 90.6 Å². The molecule has 740 valence electrons. The van der Waals surface area contributed by atoms with Crippen LogP contribution in [0.1, 0.15) is 176 Å². The molecule has 0 aromatic rings. The lowest BCUT2D eigenvalue weighted by atomic mass is 9.95. The van der Waals surface area contributed by atoms with Gasteiger partial charge in [-0.25, -0.2) is 4.79 Å². The average Bonchev–Trinajstić information content (AvgIpc) is 0.865. The number of aliphatic hydroxyl groups is 1. The molecule has 55 heteroatoms. The molecule has 0 radical (unpaired) electrons. The molecule has 131 heavy (non-hydrogen) atoms. The number of nitrogens with two attached hydrogens (primary N) is 10. The van der Waals surface area contributed by atoms with E-state index in [9.17, 15) is 120 Å². The summed E-state index contributed by atoms with van der Waals surface area (Å²) in [6.07, 6.45) is -6.48. The number of hydrogen-bond acceptors (Lipinski definition) is 30. The van der Waals surface area contributed by atoms with Crippen LogP contribution in [0.25, 0.3) is 0 Å². The van der Waals surface area contributed by atoms with E-state index in [0.717, 1.165) is 0 Å². The smallest absolute Gasteiger partial charge is 0.326 e. The zero-order valence-corrected chi connectivity index (χ0v) is 75.7.